The van der Waals surface area contributed by atoms with Crippen LogP contribution in [0, 0.1) is 6.92 Å². The summed E-state index contributed by atoms with van der Waals surface area (Å²) in [7, 11) is 0. The highest BCUT2D eigenvalue weighted by atomic mass is 16.5. The van der Waals surface area contributed by atoms with Crippen molar-refractivity contribution in [1.82, 2.24) is 19.6 Å². The lowest BCUT2D eigenvalue weighted by Crippen LogP contribution is -2.50. The summed E-state index contributed by atoms with van der Waals surface area (Å²) in [5.74, 6) is 0.706. The molecule has 0 unspecified atom stereocenters. The van der Waals surface area contributed by atoms with Gasteiger partial charge in [-0.25, -0.2) is 4.68 Å². The van der Waals surface area contributed by atoms with Crippen LogP contribution in [0.1, 0.15) is 29.4 Å². The molecule has 7 heteroatoms. The van der Waals surface area contributed by atoms with Gasteiger partial charge in [0.1, 0.15) is 0 Å². The zero-order chi connectivity index (χ0) is 15.0. The SMILES string of the molecule is CC(=O)N1CCN(C(=O)c2nn3c(c2C)OCCC3)CC1. The van der Waals surface area contributed by atoms with Gasteiger partial charge in [-0.3, -0.25) is 9.59 Å². The fraction of sp³-hybridized carbons (Fsp3) is 0.643. The normalized spacial score (nSPS) is 18.2. The monoisotopic (exact) mass is 292 g/mol. The molecule has 1 saturated heterocycles. The van der Waals surface area contributed by atoms with Crippen molar-refractivity contribution in [2.45, 2.75) is 26.8 Å². The number of piperazine rings is 1. The minimum absolute atomic E-state index is 0.0594. The fourth-order valence-electron chi connectivity index (χ4n) is 2.83. The summed E-state index contributed by atoms with van der Waals surface area (Å²) >= 11 is 0. The summed E-state index contributed by atoms with van der Waals surface area (Å²) in [6, 6.07) is 0. The smallest absolute Gasteiger partial charge is 0.274 e. The predicted octanol–water partition coefficient (Wildman–Crippen LogP) is 0.278. The molecule has 114 valence electrons. The molecule has 0 bridgehead atoms. The summed E-state index contributed by atoms with van der Waals surface area (Å²) in [6.07, 6.45) is 0.916. The van der Waals surface area contributed by atoms with E-state index >= 15 is 0 Å². The molecule has 2 aliphatic rings. The molecule has 3 rings (SSSR count). The molecule has 0 spiro atoms. The van der Waals surface area contributed by atoms with Crippen LogP contribution in [0.5, 0.6) is 5.88 Å². The lowest BCUT2D eigenvalue weighted by Gasteiger charge is -2.33. The van der Waals surface area contributed by atoms with Gasteiger partial charge in [-0.2, -0.15) is 5.10 Å². The van der Waals surface area contributed by atoms with Crippen LogP contribution in [0.25, 0.3) is 0 Å². The van der Waals surface area contributed by atoms with E-state index in [2.05, 4.69) is 5.10 Å². The number of ether oxygens (including phenoxy) is 1. The van der Waals surface area contributed by atoms with Crippen LogP contribution in [0.2, 0.25) is 0 Å². The van der Waals surface area contributed by atoms with Gasteiger partial charge in [0.2, 0.25) is 11.8 Å². The van der Waals surface area contributed by atoms with E-state index in [-0.39, 0.29) is 11.8 Å². The number of aryl methyl sites for hydroxylation is 1. The molecule has 2 aliphatic heterocycles. The molecule has 0 N–H and O–H groups in total. The molecule has 3 heterocycles. The maximum absolute atomic E-state index is 12.6. The van der Waals surface area contributed by atoms with E-state index in [9.17, 15) is 9.59 Å². The van der Waals surface area contributed by atoms with Crippen molar-refractivity contribution in [2.24, 2.45) is 0 Å². The highest BCUT2D eigenvalue weighted by Crippen LogP contribution is 2.26. The Morgan fingerprint density at radius 1 is 1.10 bits per heavy atom. The molecular formula is C14H20N4O3. The van der Waals surface area contributed by atoms with E-state index in [0.29, 0.717) is 44.4 Å². The van der Waals surface area contributed by atoms with Crippen molar-refractivity contribution in [3.05, 3.63) is 11.3 Å². The Bertz CT molecular complexity index is 573. The number of carbonyl (C=O) groups is 2. The second kappa shape index (κ2) is 5.38. The van der Waals surface area contributed by atoms with Crippen LogP contribution in [-0.4, -0.2) is 64.2 Å². The molecule has 21 heavy (non-hydrogen) atoms. The van der Waals surface area contributed by atoms with Gasteiger partial charge in [0, 0.05) is 51.6 Å². The van der Waals surface area contributed by atoms with Gasteiger partial charge in [-0.05, 0) is 6.92 Å². The van der Waals surface area contributed by atoms with Crippen molar-refractivity contribution in [2.75, 3.05) is 32.8 Å². The summed E-state index contributed by atoms with van der Waals surface area (Å²) in [4.78, 5) is 27.5. The number of hydrogen-bond donors (Lipinski definition) is 0. The first kappa shape index (κ1) is 13.9. The zero-order valence-corrected chi connectivity index (χ0v) is 12.5. The molecule has 0 atom stereocenters. The molecule has 0 aromatic carbocycles. The largest absolute Gasteiger partial charge is 0.478 e. The molecule has 0 aliphatic carbocycles. The molecule has 0 saturated carbocycles. The Balaban J connectivity index is 1.74. The number of nitrogens with zero attached hydrogens (tertiary/aromatic N) is 4. The molecule has 2 amide bonds. The maximum Gasteiger partial charge on any atom is 0.274 e. The van der Waals surface area contributed by atoms with Gasteiger partial charge in [0.25, 0.3) is 5.91 Å². The highest BCUT2D eigenvalue weighted by molar-refractivity contribution is 5.94. The van der Waals surface area contributed by atoms with E-state index in [1.165, 1.54) is 0 Å². The van der Waals surface area contributed by atoms with Crippen molar-refractivity contribution < 1.29 is 14.3 Å². The molecular weight excluding hydrogens is 272 g/mol. The average molecular weight is 292 g/mol. The van der Waals surface area contributed by atoms with Crippen LogP contribution in [-0.2, 0) is 11.3 Å². The predicted molar refractivity (Wildman–Crippen MR) is 75.2 cm³/mol. The molecule has 0 radical (unpaired) electrons. The topological polar surface area (TPSA) is 67.7 Å². The third kappa shape index (κ3) is 2.48. The first-order valence-corrected chi connectivity index (χ1v) is 7.33. The minimum Gasteiger partial charge on any atom is -0.478 e. The zero-order valence-electron chi connectivity index (χ0n) is 12.5. The number of aromatic nitrogens is 2. The minimum atomic E-state index is -0.0683. The first-order chi connectivity index (χ1) is 10.1. The van der Waals surface area contributed by atoms with Crippen molar-refractivity contribution in [3.8, 4) is 5.88 Å². The van der Waals surface area contributed by atoms with E-state index in [1.807, 2.05) is 6.92 Å². The third-order valence-corrected chi connectivity index (χ3v) is 4.10. The molecule has 1 aromatic rings. The van der Waals surface area contributed by atoms with Crippen molar-refractivity contribution in [3.63, 3.8) is 0 Å². The summed E-state index contributed by atoms with van der Waals surface area (Å²) in [6.45, 7) is 7.20. The lowest BCUT2D eigenvalue weighted by atomic mass is 10.2. The third-order valence-electron chi connectivity index (χ3n) is 4.10. The average Bonchev–Trinajstić information content (AvgIpc) is 2.84. The summed E-state index contributed by atoms with van der Waals surface area (Å²) in [5, 5.41) is 4.40. The second-order valence-electron chi connectivity index (χ2n) is 5.50. The number of amides is 2. The van der Waals surface area contributed by atoms with Crippen LogP contribution >= 0.6 is 0 Å². The van der Waals surface area contributed by atoms with E-state index in [4.69, 9.17) is 4.74 Å². The van der Waals surface area contributed by atoms with Gasteiger partial charge in [-0.15, -0.1) is 0 Å². The lowest BCUT2D eigenvalue weighted by molar-refractivity contribution is -0.130. The van der Waals surface area contributed by atoms with Crippen LogP contribution in [0.4, 0.5) is 0 Å². The van der Waals surface area contributed by atoms with Crippen molar-refractivity contribution in [1.29, 1.82) is 0 Å². The summed E-state index contributed by atoms with van der Waals surface area (Å²) in [5.41, 5.74) is 1.29. The number of fused-ring (bicyclic) bond motifs is 1. The van der Waals surface area contributed by atoms with E-state index < -0.39 is 0 Å². The van der Waals surface area contributed by atoms with Crippen molar-refractivity contribution >= 4 is 11.8 Å². The quantitative estimate of drug-likeness (QED) is 0.745. The first-order valence-electron chi connectivity index (χ1n) is 7.33. The molecule has 1 fully saturated rings. The van der Waals surface area contributed by atoms with Gasteiger partial charge < -0.3 is 14.5 Å². The van der Waals surface area contributed by atoms with Gasteiger partial charge in [0.15, 0.2) is 5.69 Å². The van der Waals surface area contributed by atoms with E-state index in [0.717, 1.165) is 18.5 Å². The number of hydrogen-bond acceptors (Lipinski definition) is 4. The Morgan fingerprint density at radius 2 is 1.76 bits per heavy atom. The van der Waals surface area contributed by atoms with Gasteiger partial charge in [0.05, 0.1) is 6.61 Å². The Morgan fingerprint density at radius 3 is 2.38 bits per heavy atom. The van der Waals surface area contributed by atoms with Gasteiger partial charge in [-0.1, -0.05) is 0 Å². The fourth-order valence-corrected chi connectivity index (χ4v) is 2.83. The van der Waals surface area contributed by atoms with Crippen LogP contribution in [0.15, 0.2) is 0 Å². The van der Waals surface area contributed by atoms with Crippen LogP contribution < -0.4 is 4.74 Å². The van der Waals surface area contributed by atoms with E-state index in [1.54, 1.807) is 21.4 Å². The molecule has 7 nitrogen and oxygen atoms in total. The number of carbonyl (C=O) groups excluding carboxylic acids is 2. The Kier molecular flexibility index (Phi) is 3.57. The number of rotatable bonds is 1. The maximum atomic E-state index is 12.6. The Labute approximate surface area is 123 Å². The van der Waals surface area contributed by atoms with Gasteiger partial charge >= 0.3 is 0 Å². The second-order valence-corrected chi connectivity index (χ2v) is 5.50. The molecule has 1 aromatic heterocycles. The summed E-state index contributed by atoms with van der Waals surface area (Å²) < 4.78 is 7.37. The standard InChI is InChI=1S/C14H20N4O3/c1-10-12(15-18-4-3-9-21-14(10)18)13(20)17-7-5-16(6-8-17)11(2)19/h3-9H2,1-2H3. The highest BCUT2D eigenvalue weighted by Gasteiger charge is 2.29. The Hall–Kier alpha value is -2.05. The van der Waals surface area contributed by atoms with Crippen LogP contribution in [0.3, 0.4) is 0 Å².